The average molecular weight is 349 g/mol. The fourth-order valence-electron chi connectivity index (χ4n) is 2.13. The van der Waals surface area contributed by atoms with E-state index in [9.17, 15) is 9.59 Å². The Morgan fingerprint density at radius 2 is 1.68 bits per heavy atom. The van der Waals surface area contributed by atoms with Crippen molar-refractivity contribution in [1.82, 2.24) is 10.6 Å². The molecule has 0 saturated carbocycles. The molecule has 0 saturated heterocycles. The molecule has 1 aromatic rings. The molecule has 0 heterocycles. The summed E-state index contributed by atoms with van der Waals surface area (Å²) in [5.41, 5.74) is 5.95. The van der Waals surface area contributed by atoms with Crippen LogP contribution in [0, 0.1) is 5.92 Å². The Hall–Kier alpha value is -2.08. The van der Waals surface area contributed by atoms with Crippen molar-refractivity contribution in [1.29, 1.82) is 0 Å². The first-order chi connectivity index (χ1) is 11.4. The van der Waals surface area contributed by atoms with Gasteiger partial charge in [-0.05, 0) is 51.3 Å². The molecule has 0 aromatic heterocycles. The number of alkyl carbamates (subject to hydrolysis) is 1. The van der Waals surface area contributed by atoms with Gasteiger partial charge in [-0.15, -0.1) is 0 Å². The Morgan fingerprint density at radius 1 is 1.12 bits per heavy atom. The summed E-state index contributed by atoms with van der Waals surface area (Å²) >= 11 is 0. The van der Waals surface area contributed by atoms with Gasteiger partial charge in [0.25, 0.3) is 0 Å². The number of ether oxygens (including phenoxy) is 1. The van der Waals surface area contributed by atoms with Gasteiger partial charge in [0.15, 0.2) is 0 Å². The van der Waals surface area contributed by atoms with Crippen LogP contribution in [-0.2, 0) is 11.3 Å². The second-order valence-corrected chi connectivity index (χ2v) is 7.84. The first kappa shape index (κ1) is 21.0. The standard InChI is InChI=1S/C19H31N3O3/c1-13(2)19(6,12-21-17(24)25-18(3,4)5)22-11-14-7-9-15(10-8-14)16(20)23/h7-10,13,22H,11-12H2,1-6H3,(H2,20,23)(H,21,24). The van der Waals surface area contributed by atoms with Crippen molar-refractivity contribution in [3.05, 3.63) is 35.4 Å². The molecule has 1 atom stereocenters. The first-order valence-corrected chi connectivity index (χ1v) is 8.53. The highest BCUT2D eigenvalue weighted by Crippen LogP contribution is 2.17. The van der Waals surface area contributed by atoms with E-state index in [1.165, 1.54) is 0 Å². The summed E-state index contributed by atoms with van der Waals surface area (Å²) in [4.78, 5) is 23.0. The SMILES string of the molecule is CC(C)C(C)(CNC(=O)OC(C)(C)C)NCc1ccc(C(N)=O)cc1. The van der Waals surface area contributed by atoms with Crippen LogP contribution in [0.1, 0.15) is 57.5 Å². The minimum absolute atomic E-state index is 0.285. The van der Waals surface area contributed by atoms with Gasteiger partial charge in [-0.2, -0.15) is 0 Å². The van der Waals surface area contributed by atoms with Crippen molar-refractivity contribution < 1.29 is 14.3 Å². The predicted molar refractivity (Wildman–Crippen MR) is 99.3 cm³/mol. The number of hydrogen-bond donors (Lipinski definition) is 3. The van der Waals surface area contributed by atoms with Gasteiger partial charge >= 0.3 is 6.09 Å². The Morgan fingerprint density at radius 3 is 2.12 bits per heavy atom. The molecule has 0 aliphatic rings. The van der Waals surface area contributed by atoms with Crippen LogP contribution in [0.5, 0.6) is 0 Å². The van der Waals surface area contributed by atoms with Gasteiger partial charge in [-0.25, -0.2) is 4.79 Å². The van der Waals surface area contributed by atoms with Gasteiger partial charge in [0.2, 0.25) is 5.91 Å². The van der Waals surface area contributed by atoms with E-state index in [2.05, 4.69) is 31.4 Å². The van der Waals surface area contributed by atoms with E-state index >= 15 is 0 Å². The van der Waals surface area contributed by atoms with Crippen LogP contribution in [0.3, 0.4) is 0 Å². The zero-order valence-corrected chi connectivity index (χ0v) is 16.1. The van der Waals surface area contributed by atoms with Gasteiger partial charge < -0.3 is 21.1 Å². The Balaban J connectivity index is 2.65. The number of hydrogen-bond acceptors (Lipinski definition) is 4. The molecule has 0 fully saturated rings. The van der Waals surface area contributed by atoms with Crippen molar-refractivity contribution in [2.24, 2.45) is 11.7 Å². The van der Waals surface area contributed by atoms with Crippen LogP contribution in [0.2, 0.25) is 0 Å². The highest BCUT2D eigenvalue weighted by Gasteiger charge is 2.29. The van der Waals surface area contributed by atoms with Crippen molar-refractivity contribution in [3.8, 4) is 0 Å². The summed E-state index contributed by atoms with van der Waals surface area (Å²) in [6, 6.07) is 7.17. The summed E-state index contributed by atoms with van der Waals surface area (Å²) in [5.74, 6) is -0.152. The maximum absolute atomic E-state index is 11.9. The number of primary amides is 1. The second kappa shape index (κ2) is 8.34. The molecule has 140 valence electrons. The van der Waals surface area contributed by atoms with E-state index in [1.54, 1.807) is 12.1 Å². The molecular weight excluding hydrogens is 318 g/mol. The summed E-state index contributed by atoms with van der Waals surface area (Å²) in [5, 5.41) is 6.33. The average Bonchev–Trinajstić information content (AvgIpc) is 2.49. The highest BCUT2D eigenvalue weighted by atomic mass is 16.6. The van der Waals surface area contributed by atoms with Crippen LogP contribution < -0.4 is 16.4 Å². The van der Waals surface area contributed by atoms with Gasteiger partial charge in [0, 0.05) is 24.2 Å². The van der Waals surface area contributed by atoms with Gasteiger partial charge in [-0.3, -0.25) is 4.79 Å². The zero-order chi connectivity index (χ0) is 19.3. The number of nitrogens with two attached hydrogens (primary N) is 1. The molecule has 4 N–H and O–H groups in total. The molecule has 6 nitrogen and oxygen atoms in total. The number of carbonyl (C=O) groups is 2. The highest BCUT2D eigenvalue weighted by molar-refractivity contribution is 5.92. The minimum Gasteiger partial charge on any atom is -0.444 e. The van der Waals surface area contributed by atoms with Crippen molar-refractivity contribution in [2.45, 2.75) is 59.2 Å². The molecule has 2 amide bonds. The third kappa shape index (κ3) is 7.13. The van der Waals surface area contributed by atoms with Crippen molar-refractivity contribution >= 4 is 12.0 Å². The van der Waals surface area contributed by atoms with Crippen LogP contribution >= 0.6 is 0 Å². The molecule has 1 aromatic carbocycles. The Kier molecular flexibility index (Phi) is 6.99. The topological polar surface area (TPSA) is 93.4 Å². The maximum Gasteiger partial charge on any atom is 0.407 e. The van der Waals surface area contributed by atoms with Crippen LogP contribution in [0.4, 0.5) is 4.79 Å². The molecule has 0 bridgehead atoms. The maximum atomic E-state index is 11.9. The van der Waals surface area contributed by atoms with E-state index in [4.69, 9.17) is 10.5 Å². The Bertz CT molecular complexity index is 591. The lowest BCUT2D eigenvalue weighted by Gasteiger charge is -2.35. The van der Waals surface area contributed by atoms with Crippen molar-refractivity contribution in [3.63, 3.8) is 0 Å². The van der Waals surface area contributed by atoms with Gasteiger partial charge in [-0.1, -0.05) is 26.0 Å². The number of rotatable bonds is 7. The quantitative estimate of drug-likeness (QED) is 0.705. The van der Waals surface area contributed by atoms with E-state index in [-0.39, 0.29) is 11.5 Å². The van der Waals surface area contributed by atoms with Gasteiger partial charge in [0.05, 0.1) is 0 Å². The first-order valence-electron chi connectivity index (χ1n) is 8.53. The third-order valence-corrected chi connectivity index (χ3v) is 4.21. The zero-order valence-electron chi connectivity index (χ0n) is 16.1. The monoisotopic (exact) mass is 349 g/mol. The van der Waals surface area contributed by atoms with E-state index in [0.29, 0.717) is 18.7 Å². The van der Waals surface area contributed by atoms with E-state index < -0.39 is 17.6 Å². The smallest absolute Gasteiger partial charge is 0.407 e. The number of carbonyl (C=O) groups excluding carboxylic acids is 2. The summed E-state index contributed by atoms with van der Waals surface area (Å²) in [7, 11) is 0. The third-order valence-electron chi connectivity index (χ3n) is 4.21. The fraction of sp³-hybridized carbons (Fsp3) is 0.579. The molecule has 0 spiro atoms. The summed E-state index contributed by atoms with van der Waals surface area (Å²) in [6.45, 7) is 12.8. The lowest BCUT2D eigenvalue weighted by atomic mass is 9.88. The van der Waals surface area contributed by atoms with E-state index in [1.807, 2.05) is 32.9 Å². The molecule has 0 radical (unpaired) electrons. The molecule has 0 aliphatic carbocycles. The largest absolute Gasteiger partial charge is 0.444 e. The predicted octanol–water partition coefficient (Wildman–Crippen LogP) is 2.81. The van der Waals surface area contributed by atoms with Crippen LogP contribution in [-0.4, -0.2) is 29.7 Å². The van der Waals surface area contributed by atoms with Crippen molar-refractivity contribution in [2.75, 3.05) is 6.54 Å². The Labute approximate surface area is 150 Å². The number of amides is 2. The molecule has 25 heavy (non-hydrogen) atoms. The lowest BCUT2D eigenvalue weighted by Crippen LogP contribution is -2.55. The van der Waals surface area contributed by atoms with Crippen LogP contribution in [0.25, 0.3) is 0 Å². The number of nitrogens with one attached hydrogen (secondary N) is 2. The molecular formula is C19H31N3O3. The molecule has 6 heteroatoms. The van der Waals surface area contributed by atoms with Gasteiger partial charge in [0.1, 0.15) is 5.60 Å². The number of benzene rings is 1. The summed E-state index contributed by atoms with van der Waals surface area (Å²) < 4.78 is 5.29. The lowest BCUT2D eigenvalue weighted by molar-refractivity contribution is 0.0503. The normalized spacial score (nSPS) is 14.0. The van der Waals surface area contributed by atoms with Crippen LogP contribution in [0.15, 0.2) is 24.3 Å². The molecule has 1 rings (SSSR count). The summed E-state index contributed by atoms with van der Waals surface area (Å²) in [6.07, 6.45) is -0.424. The minimum atomic E-state index is -0.520. The fourth-order valence-corrected chi connectivity index (χ4v) is 2.13. The molecule has 0 aliphatic heterocycles. The molecule has 1 unspecified atom stereocenters. The van der Waals surface area contributed by atoms with E-state index in [0.717, 1.165) is 5.56 Å². The second-order valence-electron chi connectivity index (χ2n) is 7.84.